The Morgan fingerprint density at radius 3 is 2.60 bits per heavy atom. The zero-order valence-corrected chi connectivity index (χ0v) is 9.22. The number of rotatable bonds is 2. The van der Waals surface area contributed by atoms with Crippen molar-refractivity contribution in [3.8, 4) is 0 Å². The molecule has 2 heteroatoms. The van der Waals surface area contributed by atoms with Gasteiger partial charge in [0.1, 0.15) is 6.67 Å². The monoisotopic (exact) mass is 207 g/mol. The number of aryl methyl sites for hydroxylation is 1. The molecule has 0 atom stereocenters. The van der Waals surface area contributed by atoms with Crippen LogP contribution in [-0.2, 0) is 12.2 Å². The van der Waals surface area contributed by atoms with E-state index in [0.29, 0.717) is 0 Å². The van der Waals surface area contributed by atoms with E-state index in [1.54, 1.807) is 0 Å². The molecule has 1 aliphatic rings. The van der Waals surface area contributed by atoms with Gasteiger partial charge in [-0.25, -0.2) is 4.39 Å². The first kappa shape index (κ1) is 10.6. The highest BCUT2D eigenvalue weighted by atomic mass is 19.1. The van der Waals surface area contributed by atoms with Crippen LogP contribution in [0.5, 0.6) is 0 Å². The van der Waals surface area contributed by atoms with E-state index in [1.807, 2.05) is 18.2 Å². The third kappa shape index (κ3) is 1.91. The third-order valence-corrected chi connectivity index (χ3v) is 3.49. The fraction of sp³-hybridized carbons (Fsp3) is 0.538. The van der Waals surface area contributed by atoms with Crippen molar-refractivity contribution in [2.75, 3.05) is 0 Å². The zero-order chi connectivity index (χ0) is 10.9. The summed E-state index contributed by atoms with van der Waals surface area (Å²) < 4.78 is 12.6. The lowest BCUT2D eigenvalue weighted by Gasteiger charge is -2.26. The smallest absolute Gasteiger partial charge is 0.115 e. The van der Waals surface area contributed by atoms with Gasteiger partial charge in [0.05, 0.1) is 0 Å². The maximum Gasteiger partial charge on any atom is 0.115 e. The lowest BCUT2D eigenvalue weighted by atomic mass is 9.85. The molecule has 2 N–H and O–H groups in total. The SMILES string of the molecule is Cc1ccc(CF)cc1C1(N)CCCC1. The molecule has 0 aromatic heterocycles. The summed E-state index contributed by atoms with van der Waals surface area (Å²) in [6.45, 7) is 1.66. The average Bonchev–Trinajstić information content (AvgIpc) is 2.67. The minimum atomic E-state index is -0.399. The van der Waals surface area contributed by atoms with Gasteiger partial charge in [-0.3, -0.25) is 0 Å². The van der Waals surface area contributed by atoms with Crippen molar-refractivity contribution < 1.29 is 4.39 Å². The van der Waals surface area contributed by atoms with E-state index >= 15 is 0 Å². The van der Waals surface area contributed by atoms with Crippen LogP contribution in [0.15, 0.2) is 18.2 Å². The Kier molecular flexibility index (Phi) is 2.79. The summed E-state index contributed by atoms with van der Waals surface area (Å²) in [6.07, 6.45) is 4.44. The molecule has 0 spiro atoms. The van der Waals surface area contributed by atoms with Gasteiger partial charge < -0.3 is 5.73 Å². The van der Waals surface area contributed by atoms with E-state index in [2.05, 4.69) is 6.92 Å². The van der Waals surface area contributed by atoms with Crippen LogP contribution in [0.2, 0.25) is 0 Å². The minimum absolute atomic E-state index is 0.199. The number of halogens is 1. The second-order valence-electron chi connectivity index (χ2n) is 4.65. The van der Waals surface area contributed by atoms with Crippen LogP contribution in [0.1, 0.15) is 42.4 Å². The van der Waals surface area contributed by atoms with Gasteiger partial charge in [-0.2, -0.15) is 0 Å². The van der Waals surface area contributed by atoms with Crippen molar-refractivity contribution >= 4 is 0 Å². The number of benzene rings is 1. The van der Waals surface area contributed by atoms with E-state index in [1.165, 1.54) is 18.4 Å². The topological polar surface area (TPSA) is 26.0 Å². The molecule has 1 aliphatic carbocycles. The Balaban J connectivity index is 2.41. The number of hydrogen-bond acceptors (Lipinski definition) is 1. The fourth-order valence-corrected chi connectivity index (χ4v) is 2.56. The molecule has 15 heavy (non-hydrogen) atoms. The molecule has 82 valence electrons. The second kappa shape index (κ2) is 3.93. The molecule has 0 heterocycles. The molecule has 0 saturated heterocycles. The Bertz CT molecular complexity index is 354. The molecule has 1 aromatic carbocycles. The lowest BCUT2D eigenvalue weighted by Crippen LogP contribution is -2.34. The first-order chi connectivity index (χ1) is 7.15. The lowest BCUT2D eigenvalue weighted by molar-refractivity contribution is 0.453. The molecule has 0 amide bonds. The Hall–Kier alpha value is -0.890. The molecule has 0 aliphatic heterocycles. The highest BCUT2D eigenvalue weighted by Gasteiger charge is 2.32. The van der Waals surface area contributed by atoms with Gasteiger partial charge in [0.25, 0.3) is 0 Å². The van der Waals surface area contributed by atoms with Crippen molar-refractivity contribution in [3.05, 3.63) is 34.9 Å². The molecule has 0 unspecified atom stereocenters. The molecule has 1 saturated carbocycles. The summed E-state index contributed by atoms with van der Waals surface area (Å²) in [4.78, 5) is 0. The van der Waals surface area contributed by atoms with Gasteiger partial charge in [-0.1, -0.05) is 31.0 Å². The maximum atomic E-state index is 12.6. The molecular formula is C13H18FN. The Morgan fingerprint density at radius 1 is 1.33 bits per heavy atom. The van der Waals surface area contributed by atoms with E-state index in [-0.39, 0.29) is 5.54 Å². The highest BCUT2D eigenvalue weighted by Crippen LogP contribution is 2.38. The largest absolute Gasteiger partial charge is 0.321 e. The maximum absolute atomic E-state index is 12.6. The van der Waals surface area contributed by atoms with Crippen molar-refractivity contribution in [3.63, 3.8) is 0 Å². The number of hydrogen-bond donors (Lipinski definition) is 1. The third-order valence-electron chi connectivity index (χ3n) is 3.49. The van der Waals surface area contributed by atoms with Crippen LogP contribution in [-0.4, -0.2) is 0 Å². The predicted molar refractivity (Wildman–Crippen MR) is 60.3 cm³/mol. The van der Waals surface area contributed by atoms with Gasteiger partial charge in [-0.05, 0) is 36.5 Å². The molecular weight excluding hydrogens is 189 g/mol. The highest BCUT2D eigenvalue weighted by molar-refractivity contribution is 5.36. The van der Waals surface area contributed by atoms with Crippen LogP contribution in [0.3, 0.4) is 0 Å². The summed E-state index contributed by atoms with van der Waals surface area (Å²) in [5, 5.41) is 0. The predicted octanol–water partition coefficient (Wildman–Crippen LogP) is 3.19. The zero-order valence-electron chi connectivity index (χ0n) is 9.22. The van der Waals surface area contributed by atoms with Gasteiger partial charge >= 0.3 is 0 Å². The van der Waals surface area contributed by atoms with Crippen LogP contribution < -0.4 is 5.73 Å². The summed E-state index contributed by atoms with van der Waals surface area (Å²) >= 11 is 0. The Morgan fingerprint density at radius 2 is 2.00 bits per heavy atom. The fourth-order valence-electron chi connectivity index (χ4n) is 2.56. The molecule has 1 aromatic rings. The molecule has 1 nitrogen and oxygen atoms in total. The molecule has 1 fully saturated rings. The normalized spacial score (nSPS) is 19.4. The van der Waals surface area contributed by atoms with E-state index in [0.717, 1.165) is 24.0 Å². The summed E-state index contributed by atoms with van der Waals surface area (Å²) in [5.41, 5.74) is 9.27. The van der Waals surface area contributed by atoms with Crippen molar-refractivity contribution in [2.45, 2.75) is 44.8 Å². The van der Waals surface area contributed by atoms with Gasteiger partial charge in [0.15, 0.2) is 0 Å². The van der Waals surface area contributed by atoms with Crippen LogP contribution in [0.4, 0.5) is 4.39 Å². The van der Waals surface area contributed by atoms with Crippen LogP contribution in [0, 0.1) is 6.92 Å². The van der Waals surface area contributed by atoms with Crippen molar-refractivity contribution in [2.24, 2.45) is 5.73 Å². The summed E-state index contributed by atoms with van der Waals surface area (Å²) in [5.74, 6) is 0. The van der Waals surface area contributed by atoms with Crippen LogP contribution >= 0.6 is 0 Å². The number of nitrogens with two attached hydrogens (primary N) is 1. The Labute approximate surface area is 90.5 Å². The first-order valence-corrected chi connectivity index (χ1v) is 5.60. The molecule has 0 radical (unpaired) electrons. The first-order valence-electron chi connectivity index (χ1n) is 5.60. The summed E-state index contributed by atoms with van der Waals surface area (Å²) in [7, 11) is 0. The molecule has 0 bridgehead atoms. The quantitative estimate of drug-likeness (QED) is 0.791. The van der Waals surface area contributed by atoms with Gasteiger partial charge in [0.2, 0.25) is 0 Å². The van der Waals surface area contributed by atoms with Crippen molar-refractivity contribution in [1.82, 2.24) is 0 Å². The minimum Gasteiger partial charge on any atom is -0.321 e. The van der Waals surface area contributed by atoms with Crippen molar-refractivity contribution in [1.29, 1.82) is 0 Å². The summed E-state index contributed by atoms with van der Waals surface area (Å²) in [6, 6.07) is 5.77. The second-order valence-corrected chi connectivity index (χ2v) is 4.65. The molecule has 2 rings (SSSR count). The van der Waals surface area contributed by atoms with E-state index < -0.39 is 6.67 Å². The van der Waals surface area contributed by atoms with Gasteiger partial charge in [0, 0.05) is 5.54 Å². The average molecular weight is 207 g/mol. The number of alkyl halides is 1. The van der Waals surface area contributed by atoms with Crippen LogP contribution in [0.25, 0.3) is 0 Å². The van der Waals surface area contributed by atoms with E-state index in [9.17, 15) is 4.39 Å². The standard InChI is InChI=1S/C13H18FN/c1-10-4-5-11(9-14)8-12(10)13(15)6-2-3-7-13/h4-5,8H,2-3,6-7,9,15H2,1H3. The van der Waals surface area contributed by atoms with E-state index in [4.69, 9.17) is 5.73 Å². The van der Waals surface area contributed by atoms with Gasteiger partial charge in [-0.15, -0.1) is 0 Å².